The van der Waals surface area contributed by atoms with Crippen LogP contribution < -0.4 is 0 Å². The molecule has 100 valence electrons. The first-order valence-corrected chi connectivity index (χ1v) is 7.02. The second kappa shape index (κ2) is 5.57. The highest BCUT2D eigenvalue weighted by molar-refractivity contribution is 5.15. The highest BCUT2D eigenvalue weighted by atomic mass is 16.3. The van der Waals surface area contributed by atoms with Gasteiger partial charge in [0.15, 0.2) is 0 Å². The molecule has 1 unspecified atom stereocenters. The van der Waals surface area contributed by atoms with E-state index in [1.807, 2.05) is 31.5 Å². The number of aromatic nitrogens is 1. The number of rotatable bonds is 3. The van der Waals surface area contributed by atoms with E-state index in [0.29, 0.717) is 6.04 Å². The van der Waals surface area contributed by atoms with Crippen LogP contribution in [0.1, 0.15) is 42.4 Å². The molecule has 0 aromatic carbocycles. The van der Waals surface area contributed by atoms with Gasteiger partial charge in [0.2, 0.25) is 0 Å². The summed E-state index contributed by atoms with van der Waals surface area (Å²) in [6, 6.07) is 8.82. The van der Waals surface area contributed by atoms with Crippen LogP contribution in [0, 0.1) is 6.92 Å². The molecule has 0 aliphatic carbocycles. The zero-order chi connectivity index (χ0) is 13.1. The second-order valence-corrected chi connectivity index (χ2v) is 5.28. The maximum atomic E-state index is 5.71. The molecule has 3 heteroatoms. The van der Waals surface area contributed by atoms with Crippen LogP contribution >= 0.6 is 0 Å². The molecule has 3 rings (SSSR count). The van der Waals surface area contributed by atoms with E-state index in [1.165, 1.54) is 24.8 Å². The molecule has 1 aliphatic rings. The fourth-order valence-corrected chi connectivity index (χ4v) is 2.90. The summed E-state index contributed by atoms with van der Waals surface area (Å²) in [6.07, 6.45) is 7.62. The van der Waals surface area contributed by atoms with E-state index in [0.717, 1.165) is 24.6 Å². The van der Waals surface area contributed by atoms with Crippen molar-refractivity contribution < 1.29 is 4.42 Å². The SMILES string of the molecule is Cc1ccc(CN2CCCCC2c2cccnc2)o1. The Hall–Kier alpha value is -1.61. The Labute approximate surface area is 114 Å². The number of hydrogen-bond acceptors (Lipinski definition) is 3. The van der Waals surface area contributed by atoms with Gasteiger partial charge >= 0.3 is 0 Å². The topological polar surface area (TPSA) is 29.3 Å². The van der Waals surface area contributed by atoms with Gasteiger partial charge in [-0.1, -0.05) is 12.5 Å². The minimum atomic E-state index is 0.479. The average molecular weight is 256 g/mol. The maximum absolute atomic E-state index is 5.71. The van der Waals surface area contributed by atoms with Gasteiger partial charge in [-0.15, -0.1) is 0 Å². The van der Waals surface area contributed by atoms with Gasteiger partial charge in [0, 0.05) is 18.4 Å². The third kappa shape index (κ3) is 2.87. The first-order valence-electron chi connectivity index (χ1n) is 7.02. The van der Waals surface area contributed by atoms with Crippen molar-refractivity contribution in [2.24, 2.45) is 0 Å². The quantitative estimate of drug-likeness (QED) is 0.838. The predicted octanol–water partition coefficient (Wildman–Crippen LogP) is 3.71. The Morgan fingerprint density at radius 1 is 1.32 bits per heavy atom. The summed E-state index contributed by atoms with van der Waals surface area (Å²) < 4.78 is 5.71. The molecule has 1 aliphatic heterocycles. The molecule has 1 fully saturated rings. The van der Waals surface area contributed by atoms with Crippen LogP contribution in [-0.4, -0.2) is 16.4 Å². The molecule has 3 nitrogen and oxygen atoms in total. The van der Waals surface area contributed by atoms with Gasteiger partial charge in [0.1, 0.15) is 11.5 Å². The van der Waals surface area contributed by atoms with E-state index in [2.05, 4.69) is 22.0 Å². The number of furan rings is 1. The number of piperidine rings is 1. The third-order valence-electron chi connectivity index (χ3n) is 3.84. The van der Waals surface area contributed by atoms with Gasteiger partial charge in [-0.2, -0.15) is 0 Å². The van der Waals surface area contributed by atoms with Crippen LogP contribution in [0.3, 0.4) is 0 Å². The van der Waals surface area contributed by atoms with E-state index in [4.69, 9.17) is 4.42 Å². The van der Waals surface area contributed by atoms with E-state index >= 15 is 0 Å². The summed E-state index contributed by atoms with van der Waals surface area (Å²) in [7, 11) is 0. The van der Waals surface area contributed by atoms with E-state index in [-0.39, 0.29) is 0 Å². The number of hydrogen-bond donors (Lipinski definition) is 0. The normalized spacial score (nSPS) is 20.6. The van der Waals surface area contributed by atoms with Crippen LogP contribution in [0.2, 0.25) is 0 Å². The smallest absolute Gasteiger partial charge is 0.118 e. The zero-order valence-corrected chi connectivity index (χ0v) is 11.4. The van der Waals surface area contributed by atoms with E-state index in [1.54, 1.807) is 0 Å². The monoisotopic (exact) mass is 256 g/mol. The molecule has 19 heavy (non-hydrogen) atoms. The predicted molar refractivity (Wildman–Crippen MR) is 74.7 cm³/mol. The summed E-state index contributed by atoms with van der Waals surface area (Å²) in [5, 5.41) is 0. The van der Waals surface area contributed by atoms with Crippen LogP contribution in [0.4, 0.5) is 0 Å². The molecule has 2 aromatic rings. The lowest BCUT2D eigenvalue weighted by Crippen LogP contribution is -2.32. The van der Waals surface area contributed by atoms with E-state index in [9.17, 15) is 0 Å². The van der Waals surface area contributed by atoms with Crippen molar-refractivity contribution in [3.8, 4) is 0 Å². The van der Waals surface area contributed by atoms with E-state index < -0.39 is 0 Å². The molecule has 3 heterocycles. The lowest BCUT2D eigenvalue weighted by molar-refractivity contribution is 0.129. The molecular formula is C16H20N2O. The first-order chi connectivity index (χ1) is 9.33. The number of likely N-dealkylation sites (tertiary alicyclic amines) is 1. The highest BCUT2D eigenvalue weighted by Gasteiger charge is 2.24. The van der Waals surface area contributed by atoms with Crippen molar-refractivity contribution >= 4 is 0 Å². The van der Waals surface area contributed by atoms with Crippen molar-refractivity contribution in [1.82, 2.24) is 9.88 Å². The van der Waals surface area contributed by atoms with Crippen LogP contribution in [0.25, 0.3) is 0 Å². The fourth-order valence-electron chi connectivity index (χ4n) is 2.90. The number of nitrogens with zero attached hydrogens (tertiary/aromatic N) is 2. The standard InChI is InChI=1S/C16H20N2O/c1-13-7-8-15(19-13)12-18-10-3-2-6-16(18)14-5-4-9-17-11-14/h4-5,7-9,11,16H,2-3,6,10,12H2,1H3. The molecule has 0 spiro atoms. The van der Waals surface area contributed by atoms with Gasteiger partial charge in [-0.3, -0.25) is 9.88 Å². The number of pyridine rings is 1. The van der Waals surface area contributed by atoms with Crippen LogP contribution in [-0.2, 0) is 6.54 Å². The fraction of sp³-hybridized carbons (Fsp3) is 0.438. The van der Waals surface area contributed by atoms with Gasteiger partial charge in [-0.25, -0.2) is 0 Å². The lowest BCUT2D eigenvalue weighted by atomic mass is 9.96. The Balaban J connectivity index is 1.77. The van der Waals surface area contributed by atoms with Crippen molar-refractivity contribution in [1.29, 1.82) is 0 Å². The highest BCUT2D eigenvalue weighted by Crippen LogP contribution is 2.31. The molecule has 0 N–H and O–H groups in total. The largest absolute Gasteiger partial charge is 0.465 e. The summed E-state index contributed by atoms with van der Waals surface area (Å²) in [5.74, 6) is 2.05. The summed E-state index contributed by atoms with van der Waals surface area (Å²) in [4.78, 5) is 6.77. The molecule has 0 radical (unpaired) electrons. The molecular weight excluding hydrogens is 236 g/mol. The Bertz CT molecular complexity index is 521. The molecule has 0 bridgehead atoms. The van der Waals surface area contributed by atoms with Gasteiger partial charge in [0.05, 0.1) is 6.54 Å². The summed E-state index contributed by atoms with van der Waals surface area (Å²) in [6.45, 7) is 4.03. The molecule has 1 atom stereocenters. The van der Waals surface area contributed by atoms with Crippen molar-refractivity contribution in [2.45, 2.75) is 38.8 Å². The third-order valence-corrected chi connectivity index (χ3v) is 3.84. The van der Waals surface area contributed by atoms with Crippen molar-refractivity contribution in [2.75, 3.05) is 6.54 Å². The first kappa shape index (κ1) is 12.4. The van der Waals surface area contributed by atoms with Gasteiger partial charge < -0.3 is 4.42 Å². The van der Waals surface area contributed by atoms with Gasteiger partial charge in [0.25, 0.3) is 0 Å². The lowest BCUT2D eigenvalue weighted by Gasteiger charge is -2.35. The summed E-state index contributed by atoms with van der Waals surface area (Å²) >= 11 is 0. The molecule has 0 saturated carbocycles. The Kier molecular flexibility index (Phi) is 3.65. The average Bonchev–Trinajstić information content (AvgIpc) is 2.86. The van der Waals surface area contributed by atoms with Crippen molar-refractivity contribution in [3.63, 3.8) is 0 Å². The zero-order valence-electron chi connectivity index (χ0n) is 11.4. The molecule has 2 aromatic heterocycles. The molecule has 0 amide bonds. The van der Waals surface area contributed by atoms with Crippen LogP contribution in [0.15, 0.2) is 41.1 Å². The van der Waals surface area contributed by atoms with Crippen LogP contribution in [0.5, 0.6) is 0 Å². The molecule has 1 saturated heterocycles. The summed E-state index contributed by atoms with van der Waals surface area (Å²) in [5.41, 5.74) is 1.32. The second-order valence-electron chi connectivity index (χ2n) is 5.28. The Morgan fingerprint density at radius 2 is 2.26 bits per heavy atom. The number of aryl methyl sites for hydroxylation is 1. The minimum Gasteiger partial charge on any atom is -0.465 e. The van der Waals surface area contributed by atoms with Gasteiger partial charge in [-0.05, 0) is 50.1 Å². The van der Waals surface area contributed by atoms with Crippen molar-refractivity contribution in [3.05, 3.63) is 53.7 Å². The Morgan fingerprint density at radius 3 is 3.00 bits per heavy atom. The maximum Gasteiger partial charge on any atom is 0.118 e. The minimum absolute atomic E-state index is 0.479.